The molecule has 0 fully saturated rings. The van der Waals surface area contributed by atoms with Gasteiger partial charge in [0.25, 0.3) is 0 Å². The van der Waals surface area contributed by atoms with E-state index in [9.17, 15) is 0 Å². The van der Waals surface area contributed by atoms with Gasteiger partial charge in [-0.1, -0.05) is 17.8 Å². The average Bonchev–Trinajstić information content (AvgIpc) is 2.82. The molecular formula is C12H16N4S. The number of anilines is 1. The first-order valence-corrected chi connectivity index (χ1v) is 6.53. The molecule has 1 heterocycles. The molecule has 5 heteroatoms. The first-order valence-electron chi connectivity index (χ1n) is 5.55. The predicted molar refractivity (Wildman–Crippen MR) is 71.5 cm³/mol. The largest absolute Gasteiger partial charge is 0.384 e. The van der Waals surface area contributed by atoms with E-state index in [1.54, 1.807) is 11.8 Å². The van der Waals surface area contributed by atoms with Gasteiger partial charge in [-0.3, -0.25) is 5.10 Å². The van der Waals surface area contributed by atoms with Crippen LogP contribution in [0, 0.1) is 13.8 Å². The van der Waals surface area contributed by atoms with E-state index in [1.165, 1.54) is 23.1 Å². The van der Waals surface area contributed by atoms with Gasteiger partial charge in [0.05, 0.1) is 0 Å². The Bertz CT molecular complexity index is 467. The van der Waals surface area contributed by atoms with Gasteiger partial charge in [-0.05, 0) is 37.1 Å². The summed E-state index contributed by atoms with van der Waals surface area (Å²) >= 11 is 1.66. The Hall–Kier alpha value is -1.49. The van der Waals surface area contributed by atoms with Gasteiger partial charge in [-0.2, -0.15) is 5.10 Å². The second-order valence-corrected chi connectivity index (χ2v) is 4.95. The minimum atomic E-state index is 0.867. The fraction of sp³-hybridized carbons (Fsp3) is 0.333. The molecule has 0 saturated heterocycles. The normalized spacial score (nSPS) is 10.5. The SMILES string of the molecule is Cc1ccc(NCCSc2ncn[nH]2)cc1C. The van der Waals surface area contributed by atoms with E-state index < -0.39 is 0 Å². The van der Waals surface area contributed by atoms with Crippen molar-refractivity contribution in [3.63, 3.8) is 0 Å². The smallest absolute Gasteiger partial charge is 0.183 e. The van der Waals surface area contributed by atoms with E-state index in [0.717, 1.165) is 17.5 Å². The highest BCUT2D eigenvalue weighted by Crippen LogP contribution is 2.15. The highest BCUT2D eigenvalue weighted by atomic mass is 32.2. The molecule has 17 heavy (non-hydrogen) atoms. The van der Waals surface area contributed by atoms with Crippen LogP contribution in [0.4, 0.5) is 5.69 Å². The Morgan fingerprint density at radius 3 is 2.88 bits per heavy atom. The number of H-pyrrole nitrogens is 1. The van der Waals surface area contributed by atoms with Crippen LogP contribution in [0.2, 0.25) is 0 Å². The number of aromatic amines is 1. The third-order valence-electron chi connectivity index (χ3n) is 2.57. The van der Waals surface area contributed by atoms with E-state index in [2.05, 4.69) is 52.5 Å². The molecule has 0 aliphatic rings. The number of rotatable bonds is 5. The van der Waals surface area contributed by atoms with Crippen LogP contribution in [0.5, 0.6) is 0 Å². The topological polar surface area (TPSA) is 53.6 Å². The number of thioether (sulfide) groups is 1. The van der Waals surface area contributed by atoms with Crippen LogP contribution in [0.1, 0.15) is 11.1 Å². The van der Waals surface area contributed by atoms with Gasteiger partial charge >= 0.3 is 0 Å². The zero-order chi connectivity index (χ0) is 12.1. The maximum Gasteiger partial charge on any atom is 0.183 e. The Labute approximate surface area is 105 Å². The first-order chi connectivity index (χ1) is 8.25. The molecular weight excluding hydrogens is 232 g/mol. The molecule has 0 aliphatic heterocycles. The standard InChI is InChI=1S/C12H16N4S/c1-9-3-4-11(7-10(9)2)13-5-6-17-12-14-8-15-16-12/h3-4,7-8,13H,5-6H2,1-2H3,(H,14,15,16). The quantitative estimate of drug-likeness (QED) is 0.631. The molecule has 2 aromatic rings. The number of hydrogen-bond donors (Lipinski definition) is 2. The van der Waals surface area contributed by atoms with Gasteiger partial charge in [0.2, 0.25) is 0 Å². The van der Waals surface area contributed by atoms with Crippen molar-refractivity contribution in [2.75, 3.05) is 17.6 Å². The van der Waals surface area contributed by atoms with Crippen LogP contribution in [0.15, 0.2) is 29.7 Å². The molecule has 0 atom stereocenters. The van der Waals surface area contributed by atoms with E-state index in [-0.39, 0.29) is 0 Å². The lowest BCUT2D eigenvalue weighted by atomic mass is 10.1. The second kappa shape index (κ2) is 5.72. The Balaban J connectivity index is 1.76. The number of hydrogen-bond acceptors (Lipinski definition) is 4. The van der Waals surface area contributed by atoms with Gasteiger partial charge in [0, 0.05) is 18.0 Å². The van der Waals surface area contributed by atoms with Crippen molar-refractivity contribution < 1.29 is 0 Å². The van der Waals surface area contributed by atoms with Gasteiger partial charge in [0.15, 0.2) is 5.16 Å². The van der Waals surface area contributed by atoms with Gasteiger partial charge < -0.3 is 5.32 Å². The molecule has 0 bridgehead atoms. The van der Waals surface area contributed by atoms with E-state index in [0.29, 0.717) is 0 Å². The number of aromatic nitrogens is 3. The van der Waals surface area contributed by atoms with E-state index in [4.69, 9.17) is 0 Å². The summed E-state index contributed by atoms with van der Waals surface area (Å²) in [7, 11) is 0. The fourth-order valence-electron chi connectivity index (χ4n) is 1.46. The summed E-state index contributed by atoms with van der Waals surface area (Å²) in [6.07, 6.45) is 1.53. The minimum absolute atomic E-state index is 0.867. The summed E-state index contributed by atoms with van der Waals surface area (Å²) in [5.74, 6) is 0.960. The summed E-state index contributed by atoms with van der Waals surface area (Å²) in [4.78, 5) is 4.06. The third kappa shape index (κ3) is 3.49. The van der Waals surface area contributed by atoms with Crippen LogP contribution in [-0.2, 0) is 0 Å². The van der Waals surface area contributed by atoms with Crippen molar-refractivity contribution in [3.8, 4) is 0 Å². The van der Waals surface area contributed by atoms with Crippen LogP contribution in [0.3, 0.4) is 0 Å². The van der Waals surface area contributed by atoms with Gasteiger partial charge in [0.1, 0.15) is 6.33 Å². The van der Waals surface area contributed by atoms with Crippen molar-refractivity contribution in [1.29, 1.82) is 0 Å². The Kier molecular flexibility index (Phi) is 4.03. The molecule has 0 amide bonds. The predicted octanol–water partition coefficient (Wildman–Crippen LogP) is 2.63. The number of aryl methyl sites for hydroxylation is 2. The molecule has 0 unspecified atom stereocenters. The lowest BCUT2D eigenvalue weighted by Crippen LogP contribution is -2.04. The van der Waals surface area contributed by atoms with E-state index >= 15 is 0 Å². The maximum atomic E-state index is 4.06. The highest BCUT2D eigenvalue weighted by molar-refractivity contribution is 7.99. The lowest BCUT2D eigenvalue weighted by Gasteiger charge is -2.07. The molecule has 1 aromatic carbocycles. The van der Waals surface area contributed by atoms with Crippen molar-refractivity contribution in [3.05, 3.63) is 35.7 Å². The first kappa shape index (κ1) is 12.0. The molecule has 90 valence electrons. The Morgan fingerprint density at radius 1 is 1.29 bits per heavy atom. The molecule has 0 radical (unpaired) electrons. The third-order valence-corrected chi connectivity index (χ3v) is 3.45. The zero-order valence-corrected chi connectivity index (χ0v) is 10.8. The minimum Gasteiger partial charge on any atom is -0.384 e. The van der Waals surface area contributed by atoms with E-state index in [1.807, 2.05) is 0 Å². The summed E-state index contributed by atoms with van der Waals surface area (Å²) in [5, 5.41) is 10.9. The fourth-order valence-corrected chi connectivity index (χ4v) is 2.09. The van der Waals surface area contributed by atoms with Crippen LogP contribution < -0.4 is 5.32 Å². The molecule has 0 spiro atoms. The van der Waals surface area contributed by atoms with Crippen LogP contribution in [0.25, 0.3) is 0 Å². The number of benzene rings is 1. The highest BCUT2D eigenvalue weighted by Gasteiger charge is 1.98. The summed E-state index contributed by atoms with van der Waals surface area (Å²) in [6, 6.07) is 6.43. The molecule has 2 rings (SSSR count). The van der Waals surface area contributed by atoms with Crippen LogP contribution >= 0.6 is 11.8 Å². The van der Waals surface area contributed by atoms with Crippen molar-refractivity contribution in [2.45, 2.75) is 19.0 Å². The summed E-state index contributed by atoms with van der Waals surface area (Å²) in [6.45, 7) is 5.16. The molecule has 2 N–H and O–H groups in total. The molecule has 0 aliphatic carbocycles. The summed E-state index contributed by atoms with van der Waals surface area (Å²) in [5.41, 5.74) is 3.82. The van der Waals surface area contributed by atoms with Gasteiger partial charge in [-0.25, -0.2) is 4.98 Å². The number of nitrogens with zero attached hydrogens (tertiary/aromatic N) is 2. The number of nitrogens with one attached hydrogen (secondary N) is 2. The molecule has 1 aromatic heterocycles. The second-order valence-electron chi connectivity index (χ2n) is 3.86. The molecule has 4 nitrogen and oxygen atoms in total. The molecule has 0 saturated carbocycles. The average molecular weight is 248 g/mol. The Morgan fingerprint density at radius 2 is 2.18 bits per heavy atom. The van der Waals surface area contributed by atoms with Crippen molar-refractivity contribution >= 4 is 17.4 Å². The van der Waals surface area contributed by atoms with Gasteiger partial charge in [-0.15, -0.1) is 0 Å². The van der Waals surface area contributed by atoms with Crippen molar-refractivity contribution in [1.82, 2.24) is 15.2 Å². The maximum absolute atomic E-state index is 4.06. The van der Waals surface area contributed by atoms with Crippen molar-refractivity contribution in [2.24, 2.45) is 0 Å². The van der Waals surface area contributed by atoms with Crippen LogP contribution in [-0.4, -0.2) is 27.5 Å². The zero-order valence-electron chi connectivity index (χ0n) is 10.0. The lowest BCUT2D eigenvalue weighted by molar-refractivity contribution is 0.972. The summed E-state index contributed by atoms with van der Waals surface area (Å²) < 4.78 is 0. The monoisotopic (exact) mass is 248 g/mol.